The largest absolute Gasteiger partial charge is 0.328 e. The van der Waals surface area contributed by atoms with Gasteiger partial charge in [0.05, 0.1) is 0 Å². The lowest BCUT2D eigenvalue weighted by atomic mass is 10.4. The molecule has 4 heteroatoms. The van der Waals surface area contributed by atoms with Crippen molar-refractivity contribution in [2.75, 3.05) is 13.1 Å². The second-order valence-corrected chi connectivity index (χ2v) is 1.23. The van der Waals surface area contributed by atoms with Gasteiger partial charge in [-0.2, -0.15) is 0 Å². The summed E-state index contributed by atoms with van der Waals surface area (Å²) in [6.45, 7) is 0.764. The summed E-state index contributed by atoms with van der Waals surface area (Å²) in [5.41, 5.74) is 10.2. The molecule has 0 aromatic heterocycles. The summed E-state index contributed by atoms with van der Waals surface area (Å²) >= 11 is 0. The Kier molecular flexibility index (Phi) is 3.92. The fraction of sp³-hybridized carbons (Fsp3) is 1.00. The third-order valence-corrected chi connectivity index (χ3v) is 0.718. The molecule has 0 aliphatic carbocycles. The molecule has 4 nitrogen and oxygen atoms in total. The molecule has 0 aromatic carbocycles. The normalized spacial score (nSPS) is 10.3. The lowest BCUT2D eigenvalue weighted by Crippen LogP contribution is -2.33. The Morgan fingerprint density at radius 2 is 1.71 bits per heavy atom. The van der Waals surface area contributed by atoms with Crippen molar-refractivity contribution in [2.24, 2.45) is 17.4 Å². The second-order valence-electron chi connectivity index (χ2n) is 1.23. The van der Waals surface area contributed by atoms with Crippen LogP contribution in [0, 0.1) is 0 Å². The van der Waals surface area contributed by atoms with Gasteiger partial charge in [0.1, 0.15) is 6.10 Å². The summed E-state index contributed by atoms with van der Waals surface area (Å²) in [4.78, 5) is 4.30. The van der Waals surface area contributed by atoms with E-state index in [4.69, 9.17) is 17.4 Å². The first kappa shape index (κ1) is 6.84. The Labute approximate surface area is 42.6 Å². The maximum absolute atomic E-state index is 5.11. The molecule has 6 N–H and O–H groups in total. The molecule has 0 fully saturated rings. The molecule has 0 saturated carbocycles. The summed E-state index contributed by atoms with van der Waals surface area (Å²) < 4.78 is 0. The van der Waals surface area contributed by atoms with Crippen LogP contribution in [0.15, 0.2) is 0 Å². The number of rotatable bonds is 3. The molecule has 0 spiro atoms. The molecule has 0 aliphatic rings. The molecule has 0 atom stereocenters. The second kappa shape index (κ2) is 4.01. The molecule has 0 aliphatic heterocycles. The predicted molar refractivity (Wildman–Crippen MR) is 27.2 cm³/mol. The molecule has 0 amide bonds. The van der Waals surface area contributed by atoms with E-state index in [1.165, 1.54) is 0 Å². The van der Waals surface area contributed by atoms with Crippen LogP contribution in [0.5, 0.6) is 0 Å². The van der Waals surface area contributed by atoms with Crippen LogP contribution in [0.25, 0.3) is 0 Å². The number of hydrogen-bond donors (Lipinski definition) is 3. The predicted octanol–water partition coefficient (Wildman–Crippen LogP) is -1.84. The van der Waals surface area contributed by atoms with Gasteiger partial charge >= 0.3 is 0 Å². The standard InChI is InChI=1S/C3H11N3O/c4-1-3(2-5)7-6/h3H,1-2,4-6H2. The lowest BCUT2D eigenvalue weighted by Gasteiger charge is -2.05. The van der Waals surface area contributed by atoms with Crippen LogP contribution in [-0.2, 0) is 4.84 Å². The van der Waals surface area contributed by atoms with Crippen LogP contribution >= 0.6 is 0 Å². The smallest absolute Gasteiger partial charge is 0.103 e. The van der Waals surface area contributed by atoms with Gasteiger partial charge in [-0.25, -0.2) is 5.90 Å². The minimum atomic E-state index is -0.181. The Morgan fingerprint density at radius 1 is 1.29 bits per heavy atom. The van der Waals surface area contributed by atoms with E-state index in [9.17, 15) is 0 Å². The molecule has 7 heavy (non-hydrogen) atoms. The van der Waals surface area contributed by atoms with Crippen LogP contribution in [0.4, 0.5) is 0 Å². The minimum absolute atomic E-state index is 0.181. The van der Waals surface area contributed by atoms with E-state index >= 15 is 0 Å². The first-order valence-electron chi connectivity index (χ1n) is 2.10. The highest BCUT2D eigenvalue weighted by molar-refractivity contribution is 4.54. The molecule has 0 unspecified atom stereocenters. The van der Waals surface area contributed by atoms with Gasteiger partial charge in [-0.3, -0.25) is 4.84 Å². The summed E-state index contributed by atoms with van der Waals surface area (Å²) in [6.07, 6.45) is -0.181. The summed E-state index contributed by atoms with van der Waals surface area (Å²) in [6, 6.07) is 0. The quantitative estimate of drug-likeness (QED) is 0.368. The van der Waals surface area contributed by atoms with Crippen LogP contribution in [0.2, 0.25) is 0 Å². The van der Waals surface area contributed by atoms with Crippen molar-refractivity contribution in [1.82, 2.24) is 0 Å². The zero-order valence-corrected chi connectivity index (χ0v) is 4.13. The van der Waals surface area contributed by atoms with Gasteiger partial charge in [-0.05, 0) is 0 Å². The maximum Gasteiger partial charge on any atom is 0.103 e. The van der Waals surface area contributed by atoms with Crippen LogP contribution in [0.1, 0.15) is 0 Å². The van der Waals surface area contributed by atoms with Gasteiger partial charge in [0.2, 0.25) is 0 Å². The molecule has 0 rings (SSSR count). The highest BCUT2D eigenvalue weighted by Gasteiger charge is 1.98. The first-order chi connectivity index (χ1) is 3.35. The Morgan fingerprint density at radius 3 is 1.71 bits per heavy atom. The Hall–Kier alpha value is -0.160. The van der Waals surface area contributed by atoms with Gasteiger partial charge in [0.15, 0.2) is 0 Å². The van der Waals surface area contributed by atoms with E-state index in [1.54, 1.807) is 0 Å². The molecular formula is C3H11N3O. The molecule has 44 valence electrons. The van der Waals surface area contributed by atoms with Gasteiger partial charge in [-0.15, -0.1) is 0 Å². The average molecular weight is 105 g/mol. The van der Waals surface area contributed by atoms with Crippen LogP contribution < -0.4 is 17.4 Å². The van der Waals surface area contributed by atoms with E-state index in [0.29, 0.717) is 13.1 Å². The molecule has 0 radical (unpaired) electrons. The molecule has 0 heterocycles. The Bertz CT molecular complexity index is 31.7. The Balaban J connectivity index is 2.99. The van der Waals surface area contributed by atoms with Crippen LogP contribution in [0.3, 0.4) is 0 Å². The third kappa shape index (κ3) is 2.52. The summed E-state index contributed by atoms with van der Waals surface area (Å²) in [5, 5.41) is 0. The maximum atomic E-state index is 5.11. The number of nitrogens with two attached hydrogens (primary N) is 3. The van der Waals surface area contributed by atoms with Gasteiger partial charge in [0, 0.05) is 13.1 Å². The molecule has 0 aromatic rings. The summed E-state index contributed by atoms with van der Waals surface area (Å²) in [7, 11) is 0. The SMILES string of the molecule is NCC(CN)ON. The van der Waals surface area contributed by atoms with Crippen molar-refractivity contribution in [1.29, 1.82) is 0 Å². The van der Waals surface area contributed by atoms with Crippen molar-refractivity contribution in [3.05, 3.63) is 0 Å². The van der Waals surface area contributed by atoms with Gasteiger partial charge < -0.3 is 11.5 Å². The first-order valence-corrected chi connectivity index (χ1v) is 2.10. The van der Waals surface area contributed by atoms with Crippen molar-refractivity contribution in [2.45, 2.75) is 6.10 Å². The van der Waals surface area contributed by atoms with E-state index in [1.807, 2.05) is 0 Å². The van der Waals surface area contributed by atoms with E-state index in [2.05, 4.69) is 4.84 Å². The van der Waals surface area contributed by atoms with Crippen molar-refractivity contribution in [3.63, 3.8) is 0 Å². The fourth-order valence-corrected chi connectivity index (χ4v) is 0.207. The average Bonchev–Trinajstić information content (AvgIpc) is 1.72. The topological polar surface area (TPSA) is 87.3 Å². The van der Waals surface area contributed by atoms with Crippen LogP contribution in [-0.4, -0.2) is 19.2 Å². The zero-order valence-electron chi connectivity index (χ0n) is 4.13. The van der Waals surface area contributed by atoms with Crippen molar-refractivity contribution >= 4 is 0 Å². The molecule has 0 saturated heterocycles. The van der Waals surface area contributed by atoms with Gasteiger partial charge in [-0.1, -0.05) is 0 Å². The highest BCUT2D eigenvalue weighted by Crippen LogP contribution is 1.75. The number of hydrogen-bond acceptors (Lipinski definition) is 4. The highest BCUT2D eigenvalue weighted by atomic mass is 16.6. The fourth-order valence-electron chi connectivity index (χ4n) is 0.207. The van der Waals surface area contributed by atoms with E-state index < -0.39 is 0 Å². The summed E-state index contributed by atoms with van der Waals surface area (Å²) in [5.74, 6) is 4.73. The zero-order chi connectivity index (χ0) is 5.70. The lowest BCUT2D eigenvalue weighted by molar-refractivity contribution is 0.0656. The minimum Gasteiger partial charge on any atom is -0.328 e. The third-order valence-electron chi connectivity index (χ3n) is 0.718. The monoisotopic (exact) mass is 105 g/mol. The van der Waals surface area contributed by atoms with E-state index in [0.717, 1.165) is 0 Å². The molecular weight excluding hydrogens is 94.1 g/mol. The van der Waals surface area contributed by atoms with E-state index in [-0.39, 0.29) is 6.10 Å². The molecule has 0 bridgehead atoms. The van der Waals surface area contributed by atoms with Crippen molar-refractivity contribution in [3.8, 4) is 0 Å². The van der Waals surface area contributed by atoms with Crippen molar-refractivity contribution < 1.29 is 4.84 Å². The van der Waals surface area contributed by atoms with Gasteiger partial charge in [0.25, 0.3) is 0 Å².